The van der Waals surface area contributed by atoms with Crippen molar-refractivity contribution in [3.63, 3.8) is 0 Å². The van der Waals surface area contributed by atoms with Gasteiger partial charge in [0.25, 0.3) is 0 Å². The molecular formula is C31H34FN3O4. The van der Waals surface area contributed by atoms with Crippen molar-refractivity contribution in [2.75, 3.05) is 39.5 Å². The van der Waals surface area contributed by atoms with Gasteiger partial charge in [-0.3, -0.25) is 14.8 Å². The summed E-state index contributed by atoms with van der Waals surface area (Å²) in [5, 5.41) is 0. The van der Waals surface area contributed by atoms with E-state index < -0.39 is 5.82 Å². The van der Waals surface area contributed by atoms with E-state index in [1.54, 1.807) is 11.0 Å². The molecule has 3 aromatic carbocycles. The van der Waals surface area contributed by atoms with Crippen LogP contribution in [0, 0.1) is 5.82 Å². The van der Waals surface area contributed by atoms with Crippen molar-refractivity contribution in [1.82, 2.24) is 4.90 Å². The van der Waals surface area contributed by atoms with Gasteiger partial charge in [-0.15, -0.1) is 0 Å². The minimum Gasteiger partial charge on any atom is -0.490 e. The summed E-state index contributed by atoms with van der Waals surface area (Å²) in [5.74, 6) is 0.773. The fourth-order valence-electron chi connectivity index (χ4n) is 4.46. The molecule has 1 aliphatic rings. The number of nitrogens with zero attached hydrogens (tertiary/aromatic N) is 3. The molecule has 8 heteroatoms. The summed E-state index contributed by atoms with van der Waals surface area (Å²) in [7, 11) is 0. The molecule has 204 valence electrons. The molecule has 1 fully saturated rings. The number of hydrogen-bond donors (Lipinski definition) is 0. The summed E-state index contributed by atoms with van der Waals surface area (Å²) in [6, 6.07) is 16.1. The molecular weight excluding hydrogens is 497 g/mol. The van der Waals surface area contributed by atoms with Crippen LogP contribution in [0.4, 0.5) is 15.8 Å². The van der Waals surface area contributed by atoms with Crippen molar-refractivity contribution in [2.45, 2.75) is 27.2 Å². The van der Waals surface area contributed by atoms with Gasteiger partial charge in [-0.1, -0.05) is 24.3 Å². The number of benzene rings is 3. The number of ether oxygens (including phenoxy) is 3. The van der Waals surface area contributed by atoms with Crippen LogP contribution >= 0.6 is 0 Å². The van der Waals surface area contributed by atoms with Crippen LogP contribution in [0.15, 0.2) is 64.6 Å². The fourth-order valence-corrected chi connectivity index (χ4v) is 4.46. The van der Waals surface area contributed by atoms with Crippen molar-refractivity contribution >= 4 is 29.7 Å². The van der Waals surface area contributed by atoms with E-state index in [1.807, 2.05) is 63.2 Å². The van der Waals surface area contributed by atoms with Crippen molar-refractivity contribution in [1.29, 1.82) is 0 Å². The van der Waals surface area contributed by atoms with Gasteiger partial charge in [0, 0.05) is 24.4 Å². The van der Waals surface area contributed by atoms with Gasteiger partial charge in [-0.2, -0.15) is 0 Å². The first-order chi connectivity index (χ1) is 18.9. The summed E-state index contributed by atoms with van der Waals surface area (Å²) in [4.78, 5) is 23.4. The Bertz CT molecular complexity index is 1370. The van der Waals surface area contributed by atoms with E-state index in [2.05, 4.69) is 11.7 Å². The maximum atomic E-state index is 15.2. The Morgan fingerprint density at radius 3 is 2.46 bits per heavy atom. The van der Waals surface area contributed by atoms with Crippen molar-refractivity contribution in [3.8, 4) is 22.6 Å². The second-order valence-electron chi connectivity index (χ2n) is 9.03. The normalized spacial score (nSPS) is 13.7. The third-order valence-corrected chi connectivity index (χ3v) is 6.50. The standard InChI is InChI=1S/C31H34FN3O4/c1-5-38-28-13-12-22(19-29(28)39-6-2)21(3)34-31-25(8-7-9-27(31)33-4)23-10-11-24(26(32)18-23)20-30(36)35-14-16-37-17-15-35/h7-13,18-19H,4-6,14-17,20H2,1-3H3. The summed E-state index contributed by atoms with van der Waals surface area (Å²) >= 11 is 0. The lowest BCUT2D eigenvalue weighted by molar-refractivity contribution is -0.134. The van der Waals surface area contributed by atoms with E-state index in [-0.39, 0.29) is 12.3 Å². The van der Waals surface area contributed by atoms with Crippen molar-refractivity contribution in [3.05, 3.63) is 71.5 Å². The first-order valence-electron chi connectivity index (χ1n) is 13.1. The molecule has 0 N–H and O–H groups in total. The number of morpholine rings is 1. The highest BCUT2D eigenvalue weighted by Gasteiger charge is 2.19. The lowest BCUT2D eigenvalue weighted by Crippen LogP contribution is -2.41. The van der Waals surface area contributed by atoms with Gasteiger partial charge >= 0.3 is 0 Å². The molecule has 1 amide bonds. The number of rotatable bonds is 10. The molecule has 4 rings (SSSR count). The molecule has 0 atom stereocenters. The average molecular weight is 532 g/mol. The number of amides is 1. The third kappa shape index (κ3) is 6.70. The third-order valence-electron chi connectivity index (χ3n) is 6.50. The van der Waals surface area contributed by atoms with Crippen molar-refractivity contribution in [2.24, 2.45) is 9.98 Å². The van der Waals surface area contributed by atoms with E-state index in [9.17, 15) is 4.79 Å². The predicted molar refractivity (Wildman–Crippen MR) is 153 cm³/mol. The van der Waals surface area contributed by atoms with Gasteiger partial charge in [0.05, 0.1) is 44.2 Å². The van der Waals surface area contributed by atoms with Gasteiger partial charge in [-0.25, -0.2) is 4.39 Å². The minimum absolute atomic E-state index is 0.00435. The average Bonchev–Trinajstić information content (AvgIpc) is 2.95. The molecule has 39 heavy (non-hydrogen) atoms. The second kappa shape index (κ2) is 13.2. The topological polar surface area (TPSA) is 72.7 Å². The van der Waals surface area contributed by atoms with Crippen LogP contribution in [0.25, 0.3) is 11.1 Å². The lowest BCUT2D eigenvalue weighted by Gasteiger charge is -2.27. The molecule has 0 radical (unpaired) electrons. The molecule has 0 aliphatic carbocycles. The molecule has 0 aromatic heterocycles. The Balaban J connectivity index is 1.66. The van der Waals surface area contributed by atoms with Crippen LogP contribution in [0.5, 0.6) is 11.5 Å². The van der Waals surface area contributed by atoms with Crippen LogP contribution in [0.3, 0.4) is 0 Å². The lowest BCUT2D eigenvalue weighted by atomic mass is 9.99. The molecule has 1 saturated heterocycles. The maximum Gasteiger partial charge on any atom is 0.227 e. The summed E-state index contributed by atoms with van der Waals surface area (Å²) in [5.41, 5.74) is 4.43. The van der Waals surface area contributed by atoms with Gasteiger partial charge < -0.3 is 19.1 Å². The first-order valence-corrected chi connectivity index (χ1v) is 13.1. The highest BCUT2D eigenvalue weighted by Crippen LogP contribution is 2.39. The number of halogens is 1. The van der Waals surface area contributed by atoms with Crippen LogP contribution in [0.1, 0.15) is 31.9 Å². The fraction of sp³-hybridized carbons (Fsp3) is 0.323. The van der Waals surface area contributed by atoms with Crippen LogP contribution in [-0.4, -0.2) is 62.8 Å². The number of carbonyl (C=O) groups excluding carboxylic acids is 1. The Morgan fingerprint density at radius 1 is 1.03 bits per heavy atom. The number of carbonyl (C=O) groups is 1. The van der Waals surface area contributed by atoms with E-state index in [1.165, 1.54) is 6.07 Å². The highest BCUT2D eigenvalue weighted by atomic mass is 19.1. The molecule has 7 nitrogen and oxygen atoms in total. The summed E-state index contributed by atoms with van der Waals surface area (Å²) < 4.78 is 32.0. The second-order valence-corrected chi connectivity index (χ2v) is 9.03. The Kier molecular flexibility index (Phi) is 9.44. The number of hydrogen-bond acceptors (Lipinski definition) is 6. The van der Waals surface area contributed by atoms with Crippen LogP contribution in [0.2, 0.25) is 0 Å². The first kappa shape index (κ1) is 28.0. The van der Waals surface area contributed by atoms with Gasteiger partial charge in [0.1, 0.15) is 5.82 Å². The zero-order chi connectivity index (χ0) is 27.8. The van der Waals surface area contributed by atoms with E-state index >= 15 is 4.39 Å². The monoisotopic (exact) mass is 531 g/mol. The number of para-hydroxylation sites is 1. The van der Waals surface area contributed by atoms with E-state index in [4.69, 9.17) is 19.2 Å². The molecule has 1 aliphatic heterocycles. The summed E-state index contributed by atoms with van der Waals surface area (Å²) in [6.07, 6.45) is 0.00435. The quantitative estimate of drug-likeness (QED) is 0.294. The van der Waals surface area contributed by atoms with Gasteiger partial charge in [0.15, 0.2) is 11.5 Å². The molecule has 1 heterocycles. The van der Waals surface area contributed by atoms with Crippen molar-refractivity contribution < 1.29 is 23.4 Å². The van der Waals surface area contributed by atoms with E-state index in [0.29, 0.717) is 79.1 Å². The highest BCUT2D eigenvalue weighted by molar-refractivity contribution is 6.03. The molecule has 0 unspecified atom stereocenters. The minimum atomic E-state index is -0.439. The van der Waals surface area contributed by atoms with Crippen LogP contribution < -0.4 is 9.47 Å². The Labute approximate surface area is 229 Å². The van der Waals surface area contributed by atoms with Gasteiger partial charge in [-0.05, 0) is 74.5 Å². The smallest absolute Gasteiger partial charge is 0.227 e. The SMILES string of the molecule is C=Nc1cccc(-c2ccc(CC(=O)N3CCOCC3)c(F)c2)c1N=C(C)c1ccc(OCC)c(OCC)c1. The van der Waals surface area contributed by atoms with E-state index in [0.717, 1.165) is 11.3 Å². The Morgan fingerprint density at radius 2 is 1.77 bits per heavy atom. The molecule has 0 saturated carbocycles. The van der Waals surface area contributed by atoms with Crippen LogP contribution in [-0.2, 0) is 16.0 Å². The molecule has 0 spiro atoms. The Hall–Kier alpha value is -4.04. The maximum absolute atomic E-state index is 15.2. The number of aliphatic imine (C=N–C) groups is 2. The molecule has 0 bridgehead atoms. The predicted octanol–water partition coefficient (Wildman–Crippen LogP) is 6.16. The molecule has 3 aromatic rings. The zero-order valence-electron chi connectivity index (χ0n) is 22.7. The summed E-state index contributed by atoms with van der Waals surface area (Å²) in [6.45, 7) is 12.6. The van der Waals surface area contributed by atoms with Gasteiger partial charge in [0.2, 0.25) is 5.91 Å². The zero-order valence-corrected chi connectivity index (χ0v) is 22.7. The largest absolute Gasteiger partial charge is 0.490 e.